The molecular formula is C16H17NO4S. The summed E-state index contributed by atoms with van der Waals surface area (Å²) in [4.78, 5) is 22.8. The number of benzene rings is 1. The van der Waals surface area contributed by atoms with E-state index in [9.17, 15) is 9.59 Å². The lowest BCUT2D eigenvalue weighted by Crippen LogP contribution is -2.36. The zero-order valence-electron chi connectivity index (χ0n) is 12.0. The van der Waals surface area contributed by atoms with Crippen LogP contribution in [-0.4, -0.2) is 35.7 Å². The van der Waals surface area contributed by atoms with Crippen LogP contribution in [0.4, 0.5) is 0 Å². The number of carboxylic acids is 1. The molecule has 0 radical (unpaired) electrons. The van der Waals surface area contributed by atoms with E-state index in [1.807, 2.05) is 12.1 Å². The molecule has 3 rings (SSSR count). The zero-order valence-corrected chi connectivity index (χ0v) is 12.8. The minimum absolute atomic E-state index is 0.219. The number of hydrogen-bond donors (Lipinski definition) is 2. The number of hydrogen-bond acceptors (Lipinski definition) is 4. The van der Waals surface area contributed by atoms with Gasteiger partial charge in [0.05, 0.1) is 0 Å². The van der Waals surface area contributed by atoms with Crippen LogP contribution in [0.1, 0.15) is 18.4 Å². The Morgan fingerprint density at radius 1 is 1.27 bits per heavy atom. The van der Waals surface area contributed by atoms with Gasteiger partial charge in [-0.1, -0.05) is 18.2 Å². The molecule has 2 aromatic rings. The van der Waals surface area contributed by atoms with Gasteiger partial charge in [-0.3, -0.25) is 4.79 Å². The molecule has 22 heavy (non-hydrogen) atoms. The SMILES string of the molecule is O=C(NCCc1csc2ccccc12)[C@@H]1CC[C@H](C(=O)O)O1. The number of carbonyl (C=O) groups excluding carboxylic acids is 1. The molecule has 5 nitrogen and oxygen atoms in total. The van der Waals surface area contributed by atoms with E-state index >= 15 is 0 Å². The first-order valence-corrected chi connectivity index (χ1v) is 8.14. The maximum absolute atomic E-state index is 12.0. The van der Waals surface area contributed by atoms with Crippen LogP contribution in [0.2, 0.25) is 0 Å². The first-order chi connectivity index (χ1) is 10.6. The van der Waals surface area contributed by atoms with Crippen molar-refractivity contribution < 1.29 is 19.4 Å². The molecule has 116 valence electrons. The normalized spacial score (nSPS) is 21.1. The fourth-order valence-corrected chi connectivity index (χ4v) is 3.67. The van der Waals surface area contributed by atoms with Crippen LogP contribution in [0.3, 0.4) is 0 Å². The van der Waals surface area contributed by atoms with Gasteiger partial charge in [0.2, 0.25) is 5.91 Å². The summed E-state index contributed by atoms with van der Waals surface area (Å²) < 4.78 is 6.48. The lowest BCUT2D eigenvalue weighted by molar-refractivity contribution is -0.151. The van der Waals surface area contributed by atoms with E-state index in [0.717, 1.165) is 6.42 Å². The van der Waals surface area contributed by atoms with Crippen LogP contribution < -0.4 is 5.32 Å². The quantitative estimate of drug-likeness (QED) is 0.886. The van der Waals surface area contributed by atoms with Crippen molar-refractivity contribution in [2.75, 3.05) is 6.54 Å². The van der Waals surface area contributed by atoms with Crippen LogP contribution in [-0.2, 0) is 20.7 Å². The number of thiophene rings is 1. The van der Waals surface area contributed by atoms with Crippen molar-refractivity contribution in [1.29, 1.82) is 0 Å². The third kappa shape index (κ3) is 3.13. The monoisotopic (exact) mass is 319 g/mol. The average molecular weight is 319 g/mol. The molecule has 0 aliphatic carbocycles. The Morgan fingerprint density at radius 2 is 2.05 bits per heavy atom. The summed E-state index contributed by atoms with van der Waals surface area (Å²) in [6.45, 7) is 0.525. The molecule has 1 aliphatic heterocycles. The lowest BCUT2D eigenvalue weighted by atomic mass is 10.1. The number of aliphatic carboxylic acids is 1. The Morgan fingerprint density at radius 3 is 2.82 bits per heavy atom. The highest BCUT2D eigenvalue weighted by Gasteiger charge is 2.34. The molecule has 0 spiro atoms. The van der Waals surface area contributed by atoms with Crippen molar-refractivity contribution in [1.82, 2.24) is 5.32 Å². The summed E-state index contributed by atoms with van der Waals surface area (Å²) in [5, 5.41) is 15.0. The molecule has 1 amide bonds. The van der Waals surface area contributed by atoms with E-state index in [0.29, 0.717) is 19.4 Å². The second-order valence-electron chi connectivity index (χ2n) is 5.33. The Balaban J connectivity index is 1.51. The standard InChI is InChI=1S/C16H17NO4S/c18-15(12-5-6-13(21-12)16(19)20)17-8-7-10-9-22-14-4-2-1-3-11(10)14/h1-4,9,12-13H,5-8H2,(H,17,18)(H,19,20)/t12-,13+/m0/s1. The topological polar surface area (TPSA) is 75.6 Å². The van der Waals surface area contributed by atoms with Crippen molar-refractivity contribution in [2.24, 2.45) is 0 Å². The average Bonchev–Trinajstić information content (AvgIpc) is 3.14. The number of amides is 1. The van der Waals surface area contributed by atoms with Crippen LogP contribution in [0.15, 0.2) is 29.6 Å². The van der Waals surface area contributed by atoms with Gasteiger partial charge in [-0.2, -0.15) is 0 Å². The summed E-state index contributed by atoms with van der Waals surface area (Å²) in [5.74, 6) is -1.22. The molecular weight excluding hydrogens is 302 g/mol. The van der Waals surface area contributed by atoms with E-state index < -0.39 is 18.2 Å². The molecule has 1 saturated heterocycles. The molecule has 1 fully saturated rings. The van der Waals surface area contributed by atoms with Crippen molar-refractivity contribution >= 4 is 33.3 Å². The van der Waals surface area contributed by atoms with Gasteiger partial charge in [-0.25, -0.2) is 4.79 Å². The highest BCUT2D eigenvalue weighted by molar-refractivity contribution is 7.17. The highest BCUT2D eigenvalue weighted by Crippen LogP contribution is 2.25. The van der Waals surface area contributed by atoms with E-state index in [-0.39, 0.29) is 5.91 Å². The molecule has 1 aromatic carbocycles. The lowest BCUT2D eigenvalue weighted by Gasteiger charge is -2.11. The number of ether oxygens (including phenoxy) is 1. The van der Waals surface area contributed by atoms with Crippen LogP contribution in [0, 0.1) is 0 Å². The van der Waals surface area contributed by atoms with Crippen LogP contribution in [0.25, 0.3) is 10.1 Å². The summed E-state index contributed by atoms with van der Waals surface area (Å²) in [6.07, 6.45) is 0.120. The molecule has 6 heteroatoms. The van der Waals surface area contributed by atoms with Gasteiger partial charge in [0.25, 0.3) is 0 Å². The molecule has 2 atom stereocenters. The first kappa shape index (κ1) is 15.0. The van der Waals surface area contributed by atoms with Gasteiger partial charge < -0.3 is 15.2 Å². The van der Waals surface area contributed by atoms with Crippen molar-refractivity contribution in [3.8, 4) is 0 Å². The first-order valence-electron chi connectivity index (χ1n) is 7.26. The Kier molecular flexibility index (Phi) is 4.40. The maximum atomic E-state index is 12.0. The van der Waals surface area contributed by atoms with Crippen LogP contribution >= 0.6 is 11.3 Å². The fourth-order valence-electron chi connectivity index (χ4n) is 2.67. The Labute approximate surface area is 131 Å². The maximum Gasteiger partial charge on any atom is 0.332 e. The number of nitrogens with one attached hydrogen (secondary N) is 1. The molecule has 2 N–H and O–H groups in total. The summed E-state index contributed by atoms with van der Waals surface area (Å²) in [6, 6.07) is 8.19. The van der Waals surface area contributed by atoms with E-state index in [1.54, 1.807) is 11.3 Å². The summed E-state index contributed by atoms with van der Waals surface area (Å²) in [7, 11) is 0. The molecule has 2 heterocycles. The highest BCUT2D eigenvalue weighted by atomic mass is 32.1. The van der Waals surface area contributed by atoms with Crippen molar-refractivity contribution in [3.05, 3.63) is 35.2 Å². The third-order valence-corrected chi connectivity index (χ3v) is 4.85. The molecule has 1 aliphatic rings. The third-order valence-electron chi connectivity index (χ3n) is 3.84. The van der Waals surface area contributed by atoms with E-state index in [4.69, 9.17) is 9.84 Å². The fraction of sp³-hybridized carbons (Fsp3) is 0.375. The summed E-state index contributed by atoms with van der Waals surface area (Å²) in [5.41, 5.74) is 1.22. The number of carbonyl (C=O) groups is 2. The number of fused-ring (bicyclic) bond motifs is 1. The second kappa shape index (κ2) is 6.46. The second-order valence-corrected chi connectivity index (χ2v) is 6.24. The molecule has 0 bridgehead atoms. The van der Waals surface area contributed by atoms with E-state index in [1.165, 1.54) is 15.6 Å². The Bertz CT molecular complexity index is 696. The van der Waals surface area contributed by atoms with Gasteiger partial charge >= 0.3 is 5.97 Å². The van der Waals surface area contributed by atoms with Crippen molar-refractivity contribution in [3.63, 3.8) is 0 Å². The Hall–Kier alpha value is -1.92. The van der Waals surface area contributed by atoms with Gasteiger partial charge in [0.1, 0.15) is 6.10 Å². The number of carboxylic acid groups (broad SMARTS) is 1. The van der Waals surface area contributed by atoms with Gasteiger partial charge in [-0.15, -0.1) is 11.3 Å². The predicted molar refractivity (Wildman–Crippen MR) is 84.1 cm³/mol. The smallest absolute Gasteiger partial charge is 0.332 e. The van der Waals surface area contributed by atoms with E-state index in [2.05, 4.69) is 22.8 Å². The summed E-state index contributed by atoms with van der Waals surface area (Å²) >= 11 is 1.70. The minimum Gasteiger partial charge on any atom is -0.479 e. The molecule has 0 saturated carbocycles. The minimum atomic E-state index is -1.000. The largest absolute Gasteiger partial charge is 0.479 e. The number of rotatable bonds is 5. The zero-order chi connectivity index (χ0) is 15.5. The van der Waals surface area contributed by atoms with Crippen LogP contribution in [0.5, 0.6) is 0 Å². The predicted octanol–water partition coefficient (Wildman–Crippen LogP) is 2.19. The van der Waals surface area contributed by atoms with Gasteiger partial charge in [0.15, 0.2) is 6.10 Å². The van der Waals surface area contributed by atoms with Gasteiger partial charge in [-0.05, 0) is 41.7 Å². The van der Waals surface area contributed by atoms with Crippen molar-refractivity contribution in [2.45, 2.75) is 31.5 Å². The molecule has 1 aromatic heterocycles. The molecule has 0 unspecified atom stereocenters. The van der Waals surface area contributed by atoms with Gasteiger partial charge in [0, 0.05) is 11.2 Å².